The normalized spacial score (nSPS) is 20.1. The minimum atomic E-state index is -3.58. The molecule has 144 valence electrons. The maximum atomic E-state index is 12.6. The van der Waals surface area contributed by atoms with Crippen molar-refractivity contribution in [1.29, 1.82) is 0 Å². The van der Waals surface area contributed by atoms with E-state index < -0.39 is 19.7 Å². The van der Waals surface area contributed by atoms with Crippen molar-refractivity contribution in [3.8, 4) is 0 Å². The van der Waals surface area contributed by atoms with Crippen LogP contribution in [0.4, 0.5) is 0 Å². The Bertz CT molecular complexity index is 839. The number of sulfone groups is 2. The fourth-order valence-corrected chi connectivity index (χ4v) is 6.22. The maximum Gasteiger partial charge on any atom is 0.199 e. The highest BCUT2D eigenvalue weighted by atomic mass is 32.2. The van der Waals surface area contributed by atoms with Crippen molar-refractivity contribution in [2.45, 2.75) is 35.5 Å². The first-order valence-electron chi connectivity index (χ1n) is 8.80. The van der Waals surface area contributed by atoms with Crippen LogP contribution in [-0.4, -0.2) is 49.0 Å². The first-order chi connectivity index (χ1) is 12.4. The van der Waals surface area contributed by atoms with Gasteiger partial charge in [-0.2, -0.15) is 0 Å². The Kier molecular flexibility index (Phi) is 6.17. The molecule has 0 aliphatic carbocycles. The van der Waals surface area contributed by atoms with Gasteiger partial charge in [-0.3, -0.25) is 0 Å². The van der Waals surface area contributed by atoms with Crippen molar-refractivity contribution in [2.24, 2.45) is 5.92 Å². The minimum Gasteiger partial charge on any atom is -0.381 e. The summed E-state index contributed by atoms with van der Waals surface area (Å²) < 4.78 is 60.6. The summed E-state index contributed by atoms with van der Waals surface area (Å²) in [7, 11) is -7.01. The third-order valence-corrected chi connectivity index (χ3v) is 8.24. The lowest BCUT2D eigenvalue weighted by molar-refractivity contribution is 0.0723. The predicted octanol–water partition coefficient (Wildman–Crippen LogP) is 2.35. The van der Waals surface area contributed by atoms with Crippen LogP contribution < -0.4 is 0 Å². The van der Waals surface area contributed by atoms with E-state index in [4.69, 9.17) is 9.47 Å². The van der Waals surface area contributed by atoms with Gasteiger partial charge in [0, 0.05) is 18.6 Å². The number of hydrogen-bond donors (Lipinski definition) is 0. The summed E-state index contributed by atoms with van der Waals surface area (Å²) in [5.41, 5.74) is 0.840. The van der Waals surface area contributed by atoms with Crippen molar-refractivity contribution in [3.05, 3.63) is 35.2 Å². The van der Waals surface area contributed by atoms with Gasteiger partial charge in [-0.05, 0) is 55.9 Å². The molecule has 0 N–H and O–H groups in total. The highest BCUT2D eigenvalue weighted by Crippen LogP contribution is 2.24. The molecule has 2 heterocycles. The Morgan fingerprint density at radius 2 is 1.38 bits per heavy atom. The number of hydrogen-bond acceptors (Lipinski definition) is 6. The van der Waals surface area contributed by atoms with Crippen molar-refractivity contribution >= 4 is 19.7 Å². The smallest absolute Gasteiger partial charge is 0.199 e. The fraction of sp³-hybridized carbons (Fsp3) is 0.556. The van der Waals surface area contributed by atoms with Gasteiger partial charge in [0.15, 0.2) is 19.7 Å². The Balaban J connectivity index is 1.74. The van der Waals surface area contributed by atoms with Crippen molar-refractivity contribution in [3.63, 3.8) is 0 Å². The van der Waals surface area contributed by atoms with Crippen LogP contribution in [0.1, 0.15) is 25.7 Å². The molecule has 8 heteroatoms. The zero-order valence-electron chi connectivity index (χ0n) is 14.6. The van der Waals surface area contributed by atoms with Crippen molar-refractivity contribution < 1.29 is 26.3 Å². The lowest BCUT2D eigenvalue weighted by atomic mass is 10.0. The summed E-state index contributed by atoms with van der Waals surface area (Å²) in [5.74, 6) is 0.169. The van der Waals surface area contributed by atoms with E-state index >= 15 is 0 Å². The van der Waals surface area contributed by atoms with Crippen LogP contribution in [0.15, 0.2) is 45.0 Å². The summed E-state index contributed by atoms with van der Waals surface area (Å²) in [4.78, 5) is 0.281. The van der Waals surface area contributed by atoms with E-state index in [2.05, 4.69) is 0 Å². The maximum absolute atomic E-state index is 12.6. The number of ether oxygens (including phenoxy) is 2. The van der Waals surface area contributed by atoms with Gasteiger partial charge in [-0.25, -0.2) is 16.8 Å². The first kappa shape index (κ1) is 19.5. The van der Waals surface area contributed by atoms with Gasteiger partial charge in [0.05, 0.1) is 28.8 Å². The van der Waals surface area contributed by atoms with Crippen LogP contribution >= 0.6 is 0 Å². The van der Waals surface area contributed by atoms with Gasteiger partial charge in [0.2, 0.25) is 0 Å². The molecule has 1 aromatic rings. The molecule has 0 aromatic heterocycles. The van der Waals surface area contributed by atoms with Gasteiger partial charge >= 0.3 is 0 Å². The van der Waals surface area contributed by atoms with E-state index in [1.807, 2.05) is 0 Å². The zero-order chi connectivity index (χ0) is 18.6. The second-order valence-electron chi connectivity index (χ2n) is 6.74. The van der Waals surface area contributed by atoms with E-state index in [9.17, 15) is 16.8 Å². The van der Waals surface area contributed by atoms with Gasteiger partial charge in [0.25, 0.3) is 0 Å². The molecule has 0 amide bonds. The average Bonchev–Trinajstić information content (AvgIpc) is 2.63. The van der Waals surface area contributed by atoms with E-state index in [-0.39, 0.29) is 21.5 Å². The Hall–Kier alpha value is -1.22. The van der Waals surface area contributed by atoms with Gasteiger partial charge in [-0.1, -0.05) is 5.57 Å². The molecular formula is C18H24O6S2. The second kappa shape index (κ2) is 8.21. The van der Waals surface area contributed by atoms with Gasteiger partial charge in [-0.15, -0.1) is 0 Å². The molecule has 0 atom stereocenters. The third-order valence-electron chi connectivity index (χ3n) is 4.76. The Morgan fingerprint density at radius 1 is 0.846 bits per heavy atom. The van der Waals surface area contributed by atoms with Crippen LogP contribution in [0.25, 0.3) is 0 Å². The van der Waals surface area contributed by atoms with E-state index in [0.717, 1.165) is 18.4 Å². The quantitative estimate of drug-likeness (QED) is 0.754. The average molecular weight is 401 g/mol. The molecule has 2 fully saturated rings. The molecule has 0 spiro atoms. The molecule has 0 radical (unpaired) electrons. The molecule has 26 heavy (non-hydrogen) atoms. The summed E-state index contributed by atoms with van der Waals surface area (Å²) >= 11 is 0. The third kappa shape index (κ3) is 4.94. The molecule has 2 saturated heterocycles. The fourth-order valence-electron chi connectivity index (χ4n) is 3.20. The van der Waals surface area contributed by atoms with Gasteiger partial charge < -0.3 is 9.47 Å². The number of benzene rings is 1. The highest BCUT2D eigenvalue weighted by Gasteiger charge is 2.24. The standard InChI is InChI=1S/C18H24O6S2/c19-25(20,13-15-5-9-23-10-6-15)17-1-2-18(4-3-17)26(21,22)14-16-7-11-24-12-8-16/h1-4,13,16H,5-12,14H2. The van der Waals surface area contributed by atoms with E-state index in [0.29, 0.717) is 39.3 Å². The molecule has 0 unspecified atom stereocenters. The largest absolute Gasteiger partial charge is 0.381 e. The number of rotatable bonds is 5. The summed E-state index contributed by atoms with van der Waals surface area (Å²) in [6.45, 7) is 2.25. The molecule has 0 saturated carbocycles. The predicted molar refractivity (Wildman–Crippen MR) is 97.4 cm³/mol. The summed E-state index contributed by atoms with van der Waals surface area (Å²) in [5, 5.41) is 1.29. The van der Waals surface area contributed by atoms with Crippen LogP contribution in [0.5, 0.6) is 0 Å². The molecule has 0 bridgehead atoms. The van der Waals surface area contributed by atoms with Crippen LogP contribution in [0.3, 0.4) is 0 Å². The van der Waals surface area contributed by atoms with Crippen molar-refractivity contribution in [1.82, 2.24) is 0 Å². The van der Waals surface area contributed by atoms with Gasteiger partial charge in [0.1, 0.15) is 0 Å². The van der Waals surface area contributed by atoms with E-state index in [1.165, 1.54) is 29.7 Å². The monoisotopic (exact) mass is 400 g/mol. The molecule has 1 aromatic carbocycles. The second-order valence-corrected chi connectivity index (χ2v) is 10.6. The minimum absolute atomic E-state index is 0.0759. The zero-order valence-corrected chi connectivity index (χ0v) is 16.2. The van der Waals surface area contributed by atoms with Crippen LogP contribution in [0, 0.1) is 5.92 Å². The topological polar surface area (TPSA) is 86.7 Å². The summed E-state index contributed by atoms with van der Waals surface area (Å²) in [6, 6.07) is 5.54. The SMILES string of the molecule is O=S(=O)(C=C1CCOCC1)c1ccc(S(=O)(=O)CC2CCOCC2)cc1. The van der Waals surface area contributed by atoms with Crippen molar-refractivity contribution in [2.75, 3.05) is 32.2 Å². The molecule has 3 rings (SSSR count). The Labute approximate surface area is 155 Å². The molecular weight excluding hydrogens is 376 g/mol. The highest BCUT2D eigenvalue weighted by molar-refractivity contribution is 7.94. The van der Waals surface area contributed by atoms with E-state index in [1.54, 1.807) is 0 Å². The molecule has 2 aliphatic heterocycles. The molecule has 6 nitrogen and oxygen atoms in total. The Morgan fingerprint density at radius 3 is 2.00 bits per heavy atom. The molecule has 2 aliphatic rings. The lowest BCUT2D eigenvalue weighted by Gasteiger charge is -2.21. The van der Waals surface area contributed by atoms with Crippen LogP contribution in [-0.2, 0) is 29.1 Å². The first-order valence-corrected chi connectivity index (χ1v) is 12.0. The lowest BCUT2D eigenvalue weighted by Crippen LogP contribution is -2.23. The summed E-state index contributed by atoms with van der Waals surface area (Å²) in [6.07, 6.45) is 2.69. The van der Waals surface area contributed by atoms with Crippen LogP contribution in [0.2, 0.25) is 0 Å².